The molecule has 0 saturated carbocycles. The quantitative estimate of drug-likeness (QED) is 0.643. The molecule has 4 heteroatoms. The third-order valence-electron chi connectivity index (χ3n) is 4.98. The molecule has 1 amide bonds. The lowest BCUT2D eigenvalue weighted by Crippen LogP contribution is -2.31. The SMILES string of the molecule is COc1ccc(N(Cc2ccccc2)C(=O)Cc2ccc3c(c2)CCO3)cc1. The number of ether oxygens (including phenoxy) is 2. The molecule has 3 aromatic carbocycles. The molecule has 0 N–H and O–H groups in total. The van der Waals surface area contributed by atoms with Gasteiger partial charge in [0.1, 0.15) is 11.5 Å². The zero-order chi connectivity index (χ0) is 19.3. The molecule has 1 aliphatic heterocycles. The summed E-state index contributed by atoms with van der Waals surface area (Å²) >= 11 is 0. The predicted molar refractivity (Wildman–Crippen MR) is 110 cm³/mol. The molecule has 0 atom stereocenters. The summed E-state index contributed by atoms with van der Waals surface area (Å²) < 4.78 is 10.8. The minimum Gasteiger partial charge on any atom is -0.497 e. The number of nitrogens with zero attached hydrogens (tertiary/aromatic N) is 1. The van der Waals surface area contributed by atoms with Crippen LogP contribution in [0, 0.1) is 0 Å². The summed E-state index contributed by atoms with van der Waals surface area (Å²) in [5.74, 6) is 1.77. The first-order valence-electron chi connectivity index (χ1n) is 9.46. The second kappa shape index (κ2) is 8.17. The van der Waals surface area contributed by atoms with Crippen molar-refractivity contribution in [2.24, 2.45) is 0 Å². The Morgan fingerprint density at radius 3 is 2.54 bits per heavy atom. The molecule has 0 fully saturated rings. The molecule has 4 rings (SSSR count). The normalized spacial score (nSPS) is 12.2. The first-order chi connectivity index (χ1) is 13.7. The molecule has 0 radical (unpaired) electrons. The molecule has 0 unspecified atom stereocenters. The number of carbonyl (C=O) groups is 1. The van der Waals surface area contributed by atoms with Crippen molar-refractivity contribution in [2.75, 3.05) is 18.6 Å². The van der Waals surface area contributed by atoms with Gasteiger partial charge in [0.05, 0.1) is 26.7 Å². The van der Waals surface area contributed by atoms with E-state index in [2.05, 4.69) is 6.07 Å². The Bertz CT molecular complexity index is 951. The molecule has 0 bridgehead atoms. The zero-order valence-corrected chi connectivity index (χ0v) is 15.9. The zero-order valence-electron chi connectivity index (χ0n) is 15.9. The van der Waals surface area contributed by atoms with Crippen LogP contribution in [0.15, 0.2) is 72.8 Å². The van der Waals surface area contributed by atoms with E-state index in [1.807, 2.05) is 71.6 Å². The van der Waals surface area contributed by atoms with Crippen LogP contribution < -0.4 is 14.4 Å². The Morgan fingerprint density at radius 2 is 1.79 bits per heavy atom. The maximum absolute atomic E-state index is 13.2. The number of carbonyl (C=O) groups excluding carboxylic acids is 1. The van der Waals surface area contributed by atoms with Crippen LogP contribution in [0.3, 0.4) is 0 Å². The minimum atomic E-state index is 0.0629. The smallest absolute Gasteiger partial charge is 0.231 e. The molecule has 28 heavy (non-hydrogen) atoms. The first kappa shape index (κ1) is 18.1. The third kappa shape index (κ3) is 4.01. The Kier molecular flexibility index (Phi) is 5.29. The minimum absolute atomic E-state index is 0.0629. The van der Waals surface area contributed by atoms with Gasteiger partial charge in [-0.2, -0.15) is 0 Å². The van der Waals surface area contributed by atoms with Gasteiger partial charge in [-0.25, -0.2) is 0 Å². The standard InChI is InChI=1S/C24H23NO3/c1-27-22-10-8-21(9-11-22)25(17-18-5-3-2-4-6-18)24(26)16-19-7-12-23-20(15-19)13-14-28-23/h2-12,15H,13-14,16-17H2,1H3. The molecular weight excluding hydrogens is 350 g/mol. The second-order valence-electron chi connectivity index (χ2n) is 6.88. The van der Waals surface area contributed by atoms with Gasteiger partial charge >= 0.3 is 0 Å². The maximum atomic E-state index is 13.2. The fourth-order valence-corrected chi connectivity index (χ4v) is 3.47. The van der Waals surface area contributed by atoms with Gasteiger partial charge in [0.2, 0.25) is 5.91 Å². The van der Waals surface area contributed by atoms with E-state index in [-0.39, 0.29) is 5.91 Å². The van der Waals surface area contributed by atoms with Crippen LogP contribution in [0.4, 0.5) is 5.69 Å². The van der Waals surface area contributed by atoms with E-state index in [1.54, 1.807) is 7.11 Å². The highest BCUT2D eigenvalue weighted by Gasteiger charge is 2.19. The van der Waals surface area contributed by atoms with E-state index >= 15 is 0 Å². The summed E-state index contributed by atoms with van der Waals surface area (Å²) in [6.07, 6.45) is 1.26. The number of benzene rings is 3. The second-order valence-corrected chi connectivity index (χ2v) is 6.88. The average molecular weight is 373 g/mol. The fraction of sp³-hybridized carbons (Fsp3) is 0.208. The van der Waals surface area contributed by atoms with Crippen LogP contribution in [0.25, 0.3) is 0 Å². The Morgan fingerprint density at radius 1 is 1.00 bits per heavy atom. The molecule has 3 aromatic rings. The van der Waals surface area contributed by atoms with Gasteiger partial charge in [-0.05, 0) is 47.0 Å². The van der Waals surface area contributed by atoms with Crippen LogP contribution >= 0.6 is 0 Å². The predicted octanol–water partition coefficient (Wildman–Crippen LogP) is 4.41. The number of methoxy groups -OCH3 is 1. The summed E-state index contributed by atoms with van der Waals surface area (Å²) in [5, 5.41) is 0. The molecule has 0 aliphatic carbocycles. The Hall–Kier alpha value is -3.27. The molecule has 4 nitrogen and oxygen atoms in total. The number of hydrogen-bond acceptors (Lipinski definition) is 3. The van der Waals surface area contributed by atoms with Crippen molar-refractivity contribution < 1.29 is 14.3 Å². The highest BCUT2D eigenvalue weighted by Crippen LogP contribution is 2.27. The highest BCUT2D eigenvalue weighted by molar-refractivity contribution is 5.94. The third-order valence-corrected chi connectivity index (χ3v) is 4.98. The number of rotatable bonds is 6. The Labute approximate surface area is 165 Å². The van der Waals surface area contributed by atoms with E-state index in [0.717, 1.165) is 41.3 Å². The van der Waals surface area contributed by atoms with Crippen molar-refractivity contribution >= 4 is 11.6 Å². The fourth-order valence-electron chi connectivity index (χ4n) is 3.47. The lowest BCUT2D eigenvalue weighted by Gasteiger charge is -2.23. The van der Waals surface area contributed by atoms with Crippen LogP contribution in [-0.4, -0.2) is 19.6 Å². The summed E-state index contributed by atoms with van der Waals surface area (Å²) in [6, 6.07) is 23.7. The summed E-state index contributed by atoms with van der Waals surface area (Å²) in [6.45, 7) is 1.25. The topological polar surface area (TPSA) is 38.8 Å². The first-order valence-corrected chi connectivity index (χ1v) is 9.46. The van der Waals surface area contributed by atoms with E-state index in [9.17, 15) is 4.79 Å². The van der Waals surface area contributed by atoms with Crippen LogP contribution in [0.1, 0.15) is 16.7 Å². The van der Waals surface area contributed by atoms with E-state index in [1.165, 1.54) is 5.56 Å². The Balaban J connectivity index is 1.58. The largest absolute Gasteiger partial charge is 0.497 e. The van der Waals surface area contributed by atoms with Crippen molar-refractivity contribution in [2.45, 2.75) is 19.4 Å². The molecule has 0 aromatic heterocycles. The van der Waals surface area contributed by atoms with Crippen molar-refractivity contribution in [1.82, 2.24) is 0 Å². The van der Waals surface area contributed by atoms with Gasteiger partial charge in [-0.15, -0.1) is 0 Å². The number of anilines is 1. The number of fused-ring (bicyclic) bond motifs is 1. The van der Waals surface area contributed by atoms with Crippen LogP contribution in [0.2, 0.25) is 0 Å². The molecule has 142 valence electrons. The number of amides is 1. The van der Waals surface area contributed by atoms with Gasteiger partial charge in [0.15, 0.2) is 0 Å². The molecule has 0 spiro atoms. The van der Waals surface area contributed by atoms with Crippen molar-refractivity contribution in [1.29, 1.82) is 0 Å². The van der Waals surface area contributed by atoms with Crippen molar-refractivity contribution in [3.05, 3.63) is 89.5 Å². The van der Waals surface area contributed by atoms with Gasteiger partial charge in [0.25, 0.3) is 0 Å². The van der Waals surface area contributed by atoms with E-state index in [0.29, 0.717) is 13.0 Å². The van der Waals surface area contributed by atoms with Crippen molar-refractivity contribution in [3.8, 4) is 11.5 Å². The lowest BCUT2D eigenvalue weighted by molar-refractivity contribution is -0.118. The van der Waals surface area contributed by atoms with Crippen molar-refractivity contribution in [3.63, 3.8) is 0 Å². The maximum Gasteiger partial charge on any atom is 0.231 e. The van der Waals surface area contributed by atoms with Gasteiger partial charge in [0, 0.05) is 12.1 Å². The highest BCUT2D eigenvalue weighted by atomic mass is 16.5. The molecule has 1 heterocycles. The summed E-state index contributed by atoms with van der Waals surface area (Å²) in [5.41, 5.74) is 4.15. The molecular formula is C24H23NO3. The van der Waals surface area contributed by atoms with E-state index < -0.39 is 0 Å². The monoisotopic (exact) mass is 373 g/mol. The van der Waals surface area contributed by atoms with Gasteiger partial charge < -0.3 is 14.4 Å². The number of hydrogen-bond donors (Lipinski definition) is 0. The summed E-state index contributed by atoms with van der Waals surface area (Å²) in [4.78, 5) is 15.1. The van der Waals surface area contributed by atoms with Crippen LogP contribution in [-0.2, 0) is 24.2 Å². The summed E-state index contributed by atoms with van der Waals surface area (Å²) in [7, 11) is 1.64. The van der Waals surface area contributed by atoms with Gasteiger partial charge in [-0.3, -0.25) is 4.79 Å². The molecule has 1 aliphatic rings. The lowest BCUT2D eigenvalue weighted by atomic mass is 10.1. The van der Waals surface area contributed by atoms with Crippen LogP contribution in [0.5, 0.6) is 11.5 Å². The van der Waals surface area contributed by atoms with E-state index in [4.69, 9.17) is 9.47 Å². The van der Waals surface area contributed by atoms with Gasteiger partial charge in [-0.1, -0.05) is 42.5 Å². The molecule has 0 saturated heterocycles. The average Bonchev–Trinajstić information content (AvgIpc) is 3.21.